The van der Waals surface area contributed by atoms with E-state index in [0.717, 1.165) is 42.4 Å². The van der Waals surface area contributed by atoms with Crippen molar-refractivity contribution in [1.82, 2.24) is 0 Å². The van der Waals surface area contributed by atoms with Crippen molar-refractivity contribution in [3.8, 4) is 22.3 Å². The van der Waals surface area contributed by atoms with Gasteiger partial charge in [-0.3, -0.25) is 14.6 Å². The summed E-state index contributed by atoms with van der Waals surface area (Å²) in [5, 5.41) is 0. The smallest absolute Gasteiger partial charge is 0.211 e. The Morgan fingerprint density at radius 3 is 2.00 bits per heavy atom. The molecule has 0 radical (unpaired) electrons. The van der Waals surface area contributed by atoms with Gasteiger partial charge in [0.05, 0.1) is 6.54 Å². The molecular formula is C36H35NO2. The first-order chi connectivity index (χ1) is 19.0. The molecule has 0 atom stereocenters. The molecule has 0 saturated carbocycles. The van der Waals surface area contributed by atoms with E-state index in [4.69, 9.17) is 0 Å². The normalized spacial score (nSPS) is 13.6. The zero-order valence-electron chi connectivity index (χ0n) is 23.0. The molecular weight excluding hydrogens is 478 g/mol. The second kappa shape index (κ2) is 11.3. The lowest BCUT2D eigenvalue weighted by Crippen LogP contribution is -2.26. The molecule has 196 valence electrons. The van der Waals surface area contributed by atoms with Crippen LogP contribution < -0.4 is 0 Å². The highest BCUT2D eigenvalue weighted by molar-refractivity contribution is 6.52. The summed E-state index contributed by atoms with van der Waals surface area (Å²) in [6, 6.07) is 32.7. The number of benzene rings is 4. The van der Waals surface area contributed by atoms with Gasteiger partial charge in [0.2, 0.25) is 5.78 Å². The highest BCUT2D eigenvalue weighted by atomic mass is 16.1. The predicted octanol–water partition coefficient (Wildman–Crippen LogP) is 8.48. The van der Waals surface area contributed by atoms with E-state index in [9.17, 15) is 9.59 Å². The molecule has 3 heteroatoms. The number of rotatable bonds is 10. The zero-order valence-corrected chi connectivity index (χ0v) is 23.0. The van der Waals surface area contributed by atoms with Crippen LogP contribution in [0.4, 0.5) is 0 Å². The van der Waals surface area contributed by atoms with Gasteiger partial charge in [-0.2, -0.15) is 0 Å². The van der Waals surface area contributed by atoms with E-state index in [1.54, 1.807) is 0 Å². The van der Waals surface area contributed by atoms with Crippen LogP contribution in [0.3, 0.4) is 0 Å². The van der Waals surface area contributed by atoms with Crippen LogP contribution in [0.2, 0.25) is 0 Å². The highest BCUT2D eigenvalue weighted by Gasteiger charge is 2.42. The summed E-state index contributed by atoms with van der Waals surface area (Å²) in [4.78, 5) is 30.9. The van der Waals surface area contributed by atoms with Crippen LogP contribution in [0.1, 0.15) is 73.5 Å². The van der Waals surface area contributed by atoms with E-state index in [0.29, 0.717) is 11.3 Å². The molecule has 4 aromatic carbocycles. The number of carbonyl (C=O) groups excluding carboxylic acids is 2. The lowest BCUT2D eigenvalue weighted by molar-refractivity contribution is -0.115. The van der Waals surface area contributed by atoms with Crippen molar-refractivity contribution >= 4 is 17.3 Å². The summed E-state index contributed by atoms with van der Waals surface area (Å²) in [5.74, 6) is -0.230. The third kappa shape index (κ3) is 4.90. The van der Waals surface area contributed by atoms with Crippen molar-refractivity contribution in [1.29, 1.82) is 0 Å². The third-order valence-corrected chi connectivity index (χ3v) is 7.83. The van der Waals surface area contributed by atoms with Gasteiger partial charge in [-0.15, -0.1) is 0 Å². The van der Waals surface area contributed by atoms with E-state index in [2.05, 4.69) is 55.2 Å². The molecule has 0 aliphatic heterocycles. The van der Waals surface area contributed by atoms with E-state index >= 15 is 0 Å². The Morgan fingerprint density at radius 1 is 0.692 bits per heavy atom. The zero-order chi connectivity index (χ0) is 27.4. The van der Waals surface area contributed by atoms with Crippen LogP contribution >= 0.6 is 0 Å². The maximum Gasteiger partial charge on any atom is 0.211 e. The van der Waals surface area contributed by atoms with Gasteiger partial charge in [0.1, 0.15) is 5.71 Å². The van der Waals surface area contributed by atoms with Crippen LogP contribution in [0.15, 0.2) is 102 Å². The van der Waals surface area contributed by atoms with Crippen LogP contribution in [0.25, 0.3) is 22.3 Å². The third-order valence-electron chi connectivity index (χ3n) is 7.83. The second-order valence-electron chi connectivity index (χ2n) is 10.5. The van der Waals surface area contributed by atoms with Crippen molar-refractivity contribution in [2.24, 2.45) is 4.99 Å². The molecule has 1 aliphatic rings. The van der Waals surface area contributed by atoms with Gasteiger partial charge < -0.3 is 0 Å². The molecule has 0 unspecified atom stereocenters. The number of hydrogen-bond acceptors (Lipinski definition) is 3. The maximum absolute atomic E-state index is 14.3. The average Bonchev–Trinajstić information content (AvgIpc) is 3.23. The molecule has 0 bridgehead atoms. The number of hydrogen-bond donors (Lipinski definition) is 0. The lowest BCUT2D eigenvalue weighted by Gasteiger charge is -2.32. The second-order valence-corrected chi connectivity index (χ2v) is 10.5. The SMILES string of the molecule is CCCC1(CCC)c2ccccc2-c2ccc(C(=O)/C(=N\CC(C)=O)c3ccccc3-c3ccccc3)cc21. The molecule has 4 aromatic rings. The van der Waals surface area contributed by atoms with Crippen molar-refractivity contribution in [3.05, 3.63) is 119 Å². The highest BCUT2D eigenvalue weighted by Crippen LogP contribution is 2.53. The number of Topliss-reactive ketones (excluding diaryl/α,β-unsaturated/α-hetero) is 2. The van der Waals surface area contributed by atoms with Gasteiger partial charge in [0, 0.05) is 16.5 Å². The topological polar surface area (TPSA) is 46.5 Å². The monoisotopic (exact) mass is 513 g/mol. The van der Waals surface area contributed by atoms with Crippen molar-refractivity contribution in [2.75, 3.05) is 6.54 Å². The van der Waals surface area contributed by atoms with Crippen LogP contribution in [0, 0.1) is 0 Å². The molecule has 0 saturated heterocycles. The number of aliphatic imine (C=N–C) groups is 1. The summed E-state index contributed by atoms with van der Waals surface area (Å²) in [6.45, 7) is 5.95. The van der Waals surface area contributed by atoms with E-state index in [-0.39, 0.29) is 23.5 Å². The van der Waals surface area contributed by atoms with Gasteiger partial charge in [-0.25, -0.2) is 0 Å². The first-order valence-corrected chi connectivity index (χ1v) is 14.0. The van der Waals surface area contributed by atoms with Crippen LogP contribution in [0.5, 0.6) is 0 Å². The molecule has 3 nitrogen and oxygen atoms in total. The minimum absolute atomic E-state index is 0.0316. The Hall–Kier alpha value is -4.11. The summed E-state index contributed by atoms with van der Waals surface area (Å²) >= 11 is 0. The van der Waals surface area contributed by atoms with Gasteiger partial charge >= 0.3 is 0 Å². The van der Waals surface area contributed by atoms with Crippen molar-refractivity contribution < 1.29 is 9.59 Å². The lowest BCUT2D eigenvalue weighted by atomic mass is 9.71. The molecule has 0 amide bonds. The van der Waals surface area contributed by atoms with Crippen LogP contribution in [-0.4, -0.2) is 23.8 Å². The fourth-order valence-corrected chi connectivity index (χ4v) is 6.28. The fraction of sp³-hybridized carbons (Fsp3) is 0.250. The first kappa shape index (κ1) is 26.5. The predicted molar refractivity (Wildman–Crippen MR) is 161 cm³/mol. The standard InChI is InChI=1S/C36H35NO2/c1-4-21-36(22-5-2)32-18-12-11-16-29(32)30-20-19-27(23-33(30)36)35(39)34(37-24-25(3)38)31-17-10-9-15-28(31)26-13-7-6-8-14-26/h6-20,23H,4-5,21-22,24H2,1-3H3/b37-34-. The Balaban J connectivity index is 1.66. The van der Waals surface area contributed by atoms with E-state index in [1.807, 2.05) is 60.7 Å². The van der Waals surface area contributed by atoms with Crippen LogP contribution in [-0.2, 0) is 10.2 Å². The first-order valence-electron chi connectivity index (χ1n) is 14.0. The summed E-state index contributed by atoms with van der Waals surface area (Å²) in [7, 11) is 0. The Kier molecular flexibility index (Phi) is 7.70. The van der Waals surface area contributed by atoms with Gasteiger partial charge in [0.15, 0.2) is 5.78 Å². The Labute approximate surface area is 231 Å². The summed E-state index contributed by atoms with van der Waals surface area (Å²) in [5.41, 5.74) is 8.61. The van der Waals surface area contributed by atoms with Crippen molar-refractivity contribution in [2.45, 2.75) is 51.9 Å². The molecule has 0 fully saturated rings. The molecule has 39 heavy (non-hydrogen) atoms. The summed E-state index contributed by atoms with van der Waals surface area (Å²) in [6.07, 6.45) is 4.18. The fourth-order valence-electron chi connectivity index (χ4n) is 6.28. The average molecular weight is 514 g/mol. The molecule has 0 spiro atoms. The number of ketones is 2. The van der Waals surface area contributed by atoms with E-state index in [1.165, 1.54) is 29.2 Å². The molecule has 0 heterocycles. The Morgan fingerprint density at radius 2 is 1.31 bits per heavy atom. The minimum Gasteiger partial charge on any atom is -0.298 e. The molecule has 5 rings (SSSR count). The maximum atomic E-state index is 14.3. The summed E-state index contributed by atoms with van der Waals surface area (Å²) < 4.78 is 0. The molecule has 0 N–H and O–H groups in total. The largest absolute Gasteiger partial charge is 0.298 e. The number of nitrogens with zero attached hydrogens (tertiary/aromatic N) is 1. The number of carbonyl (C=O) groups is 2. The van der Waals surface area contributed by atoms with Gasteiger partial charge in [-0.1, -0.05) is 118 Å². The Bertz CT molecular complexity index is 1540. The van der Waals surface area contributed by atoms with E-state index < -0.39 is 0 Å². The molecule has 0 aromatic heterocycles. The minimum atomic E-state index is -0.153. The number of fused-ring (bicyclic) bond motifs is 3. The van der Waals surface area contributed by atoms with Gasteiger partial charge in [-0.05, 0) is 59.2 Å². The van der Waals surface area contributed by atoms with Gasteiger partial charge in [0.25, 0.3) is 0 Å². The van der Waals surface area contributed by atoms with Crippen molar-refractivity contribution in [3.63, 3.8) is 0 Å². The quantitative estimate of drug-likeness (QED) is 0.158. The molecule has 1 aliphatic carbocycles.